The molecular weight excluding hydrogens is 284 g/mol. The summed E-state index contributed by atoms with van der Waals surface area (Å²) in [4.78, 5) is 0.102. The maximum absolute atomic E-state index is 12.3. The van der Waals surface area contributed by atoms with E-state index < -0.39 is 15.6 Å². The number of nitrogen functional groups attached to an aromatic ring is 1. The van der Waals surface area contributed by atoms with Crippen LogP contribution in [0, 0.1) is 6.92 Å². The Bertz CT molecular complexity index is 545. The van der Waals surface area contributed by atoms with Gasteiger partial charge in [-0.2, -0.15) is 0 Å². The van der Waals surface area contributed by atoms with Gasteiger partial charge in [0.25, 0.3) is 0 Å². The molecule has 0 saturated carbocycles. The van der Waals surface area contributed by atoms with Crippen LogP contribution in [-0.4, -0.2) is 14.0 Å². The fourth-order valence-corrected chi connectivity index (χ4v) is 3.72. The van der Waals surface area contributed by atoms with E-state index in [1.165, 1.54) is 12.1 Å². The zero-order valence-corrected chi connectivity index (χ0v) is 13.3. The van der Waals surface area contributed by atoms with E-state index in [1.807, 2.05) is 20.8 Å². The van der Waals surface area contributed by atoms with Gasteiger partial charge in [0.2, 0.25) is 10.0 Å². The molecular formula is C13H21ClN2O2S. The average molecular weight is 305 g/mol. The minimum absolute atomic E-state index is 0.102. The standard InChI is InChI=1S/C13H21ClN2O2S/c1-5-6-13(3,4)16-19(17,18)10-7-11(14)9(2)12(15)8-10/h7-8,16H,5-6,15H2,1-4H3. The second-order valence-corrected chi connectivity index (χ2v) is 7.45. The topological polar surface area (TPSA) is 72.2 Å². The van der Waals surface area contributed by atoms with Crippen molar-refractivity contribution >= 4 is 27.3 Å². The zero-order chi connectivity index (χ0) is 14.8. The third kappa shape index (κ3) is 4.09. The van der Waals surface area contributed by atoms with Gasteiger partial charge < -0.3 is 5.73 Å². The Hall–Kier alpha value is -0.780. The van der Waals surface area contributed by atoms with Crippen LogP contribution < -0.4 is 10.5 Å². The van der Waals surface area contributed by atoms with Crippen molar-refractivity contribution in [2.24, 2.45) is 0 Å². The van der Waals surface area contributed by atoms with Gasteiger partial charge in [-0.05, 0) is 44.9 Å². The molecule has 0 fully saturated rings. The van der Waals surface area contributed by atoms with E-state index in [1.54, 1.807) is 6.92 Å². The second-order valence-electron chi connectivity index (χ2n) is 5.36. The molecule has 0 aliphatic rings. The highest BCUT2D eigenvalue weighted by Gasteiger charge is 2.26. The van der Waals surface area contributed by atoms with Crippen LogP contribution in [0.25, 0.3) is 0 Å². The van der Waals surface area contributed by atoms with Gasteiger partial charge in [-0.25, -0.2) is 13.1 Å². The lowest BCUT2D eigenvalue weighted by Crippen LogP contribution is -2.43. The predicted octanol–water partition coefficient (Wildman–Crippen LogP) is 3.09. The number of nitrogens with one attached hydrogen (secondary N) is 1. The highest BCUT2D eigenvalue weighted by Crippen LogP contribution is 2.27. The van der Waals surface area contributed by atoms with Crippen molar-refractivity contribution in [1.82, 2.24) is 4.72 Å². The predicted molar refractivity (Wildman–Crippen MR) is 79.9 cm³/mol. The number of benzene rings is 1. The van der Waals surface area contributed by atoms with E-state index in [0.717, 1.165) is 12.8 Å². The maximum Gasteiger partial charge on any atom is 0.241 e. The lowest BCUT2D eigenvalue weighted by atomic mass is 10.0. The minimum atomic E-state index is -3.62. The molecule has 0 spiro atoms. The molecule has 4 nitrogen and oxygen atoms in total. The van der Waals surface area contributed by atoms with E-state index in [2.05, 4.69) is 4.72 Å². The fourth-order valence-electron chi connectivity index (χ4n) is 1.93. The fraction of sp³-hybridized carbons (Fsp3) is 0.538. The summed E-state index contributed by atoms with van der Waals surface area (Å²) in [5, 5.41) is 0.355. The third-order valence-corrected chi connectivity index (χ3v) is 5.02. The molecule has 0 aliphatic carbocycles. The van der Waals surface area contributed by atoms with E-state index in [4.69, 9.17) is 17.3 Å². The van der Waals surface area contributed by atoms with Gasteiger partial charge in [0.15, 0.2) is 0 Å². The van der Waals surface area contributed by atoms with Crippen LogP contribution in [0.15, 0.2) is 17.0 Å². The Balaban J connectivity index is 3.15. The summed E-state index contributed by atoms with van der Waals surface area (Å²) in [5.41, 5.74) is 6.33. The molecule has 0 aromatic heterocycles. The Labute approximate surface area is 120 Å². The first-order valence-corrected chi connectivity index (χ1v) is 8.05. The summed E-state index contributed by atoms with van der Waals surface area (Å²) in [6, 6.07) is 2.86. The molecule has 0 amide bonds. The maximum atomic E-state index is 12.3. The van der Waals surface area contributed by atoms with Gasteiger partial charge in [0.05, 0.1) is 4.90 Å². The number of hydrogen-bond acceptors (Lipinski definition) is 3. The molecule has 0 saturated heterocycles. The van der Waals surface area contributed by atoms with E-state index in [0.29, 0.717) is 16.3 Å². The summed E-state index contributed by atoms with van der Waals surface area (Å²) in [5.74, 6) is 0. The molecule has 0 aliphatic heterocycles. The van der Waals surface area contributed by atoms with Crippen molar-refractivity contribution in [2.45, 2.75) is 51.0 Å². The van der Waals surface area contributed by atoms with Gasteiger partial charge in [-0.3, -0.25) is 0 Å². The number of anilines is 1. The Morgan fingerprint density at radius 2 is 1.95 bits per heavy atom. The monoisotopic (exact) mass is 304 g/mol. The highest BCUT2D eigenvalue weighted by atomic mass is 35.5. The molecule has 0 radical (unpaired) electrons. The summed E-state index contributed by atoms with van der Waals surface area (Å²) in [7, 11) is -3.62. The largest absolute Gasteiger partial charge is 0.398 e. The number of sulfonamides is 1. The van der Waals surface area contributed by atoms with Crippen LogP contribution in [0.3, 0.4) is 0 Å². The average Bonchev–Trinajstić information content (AvgIpc) is 2.23. The summed E-state index contributed by atoms with van der Waals surface area (Å²) in [6.45, 7) is 7.47. The first-order valence-electron chi connectivity index (χ1n) is 6.18. The summed E-state index contributed by atoms with van der Waals surface area (Å²) >= 11 is 5.99. The van der Waals surface area contributed by atoms with Crippen LogP contribution >= 0.6 is 11.6 Å². The number of nitrogens with two attached hydrogens (primary N) is 1. The molecule has 1 rings (SSSR count). The molecule has 1 aromatic carbocycles. The lowest BCUT2D eigenvalue weighted by molar-refractivity contribution is 0.418. The van der Waals surface area contributed by atoms with Crippen molar-refractivity contribution < 1.29 is 8.42 Å². The van der Waals surface area contributed by atoms with Gasteiger partial charge in [0, 0.05) is 16.2 Å². The first-order chi connectivity index (χ1) is 8.59. The van der Waals surface area contributed by atoms with Crippen LogP contribution in [0.5, 0.6) is 0 Å². The molecule has 3 N–H and O–H groups in total. The van der Waals surface area contributed by atoms with Gasteiger partial charge in [-0.1, -0.05) is 24.9 Å². The molecule has 0 atom stereocenters. The molecule has 6 heteroatoms. The van der Waals surface area contributed by atoms with E-state index in [-0.39, 0.29) is 4.90 Å². The van der Waals surface area contributed by atoms with E-state index >= 15 is 0 Å². The molecule has 0 bridgehead atoms. The van der Waals surface area contributed by atoms with Crippen LogP contribution in [0.1, 0.15) is 39.2 Å². The molecule has 0 unspecified atom stereocenters. The SMILES string of the molecule is CCCC(C)(C)NS(=O)(=O)c1cc(N)c(C)c(Cl)c1. The Morgan fingerprint density at radius 1 is 1.37 bits per heavy atom. The minimum Gasteiger partial charge on any atom is -0.398 e. The molecule has 0 heterocycles. The van der Waals surface area contributed by atoms with Gasteiger partial charge in [-0.15, -0.1) is 0 Å². The Morgan fingerprint density at radius 3 is 2.42 bits per heavy atom. The zero-order valence-electron chi connectivity index (χ0n) is 11.7. The lowest BCUT2D eigenvalue weighted by Gasteiger charge is -2.25. The first kappa shape index (κ1) is 16.3. The molecule has 1 aromatic rings. The van der Waals surface area contributed by atoms with Crippen molar-refractivity contribution in [1.29, 1.82) is 0 Å². The van der Waals surface area contributed by atoms with Crippen LogP contribution in [-0.2, 0) is 10.0 Å². The molecule has 108 valence electrons. The third-order valence-electron chi connectivity index (χ3n) is 2.95. The van der Waals surface area contributed by atoms with Crippen molar-refractivity contribution in [3.8, 4) is 0 Å². The summed E-state index contributed by atoms with van der Waals surface area (Å²) < 4.78 is 27.3. The molecule has 19 heavy (non-hydrogen) atoms. The van der Waals surface area contributed by atoms with Crippen LogP contribution in [0.2, 0.25) is 5.02 Å². The van der Waals surface area contributed by atoms with Crippen molar-refractivity contribution in [3.63, 3.8) is 0 Å². The second kappa shape index (κ2) is 5.69. The summed E-state index contributed by atoms with van der Waals surface area (Å²) in [6.07, 6.45) is 1.65. The van der Waals surface area contributed by atoms with Crippen molar-refractivity contribution in [3.05, 3.63) is 22.7 Å². The Kier molecular flexibility index (Phi) is 4.87. The number of rotatable bonds is 5. The quantitative estimate of drug-likeness (QED) is 0.821. The van der Waals surface area contributed by atoms with Crippen LogP contribution in [0.4, 0.5) is 5.69 Å². The van der Waals surface area contributed by atoms with Gasteiger partial charge in [0.1, 0.15) is 0 Å². The van der Waals surface area contributed by atoms with E-state index in [9.17, 15) is 8.42 Å². The van der Waals surface area contributed by atoms with Gasteiger partial charge >= 0.3 is 0 Å². The highest BCUT2D eigenvalue weighted by molar-refractivity contribution is 7.89. The normalized spacial score (nSPS) is 12.7. The van der Waals surface area contributed by atoms with Crippen molar-refractivity contribution in [2.75, 3.05) is 5.73 Å². The number of hydrogen-bond donors (Lipinski definition) is 2. The smallest absolute Gasteiger partial charge is 0.241 e. The number of halogens is 1.